The number of ketones is 1. The Labute approximate surface area is 129 Å². The molecule has 0 radical (unpaired) electrons. The van der Waals surface area contributed by atoms with Gasteiger partial charge in [0, 0.05) is 19.0 Å². The minimum atomic E-state index is 0.177. The van der Waals surface area contributed by atoms with Crippen LogP contribution in [0.4, 0.5) is 10.7 Å². The normalized spacial score (nSPS) is 22.4. The molecule has 5 nitrogen and oxygen atoms in total. The molecule has 21 heavy (non-hydrogen) atoms. The molecule has 1 aliphatic heterocycles. The smallest absolute Gasteiger partial charge is 0.178 e. The van der Waals surface area contributed by atoms with Crippen LogP contribution in [0.2, 0.25) is 0 Å². The van der Waals surface area contributed by atoms with Gasteiger partial charge in [-0.2, -0.15) is 0 Å². The average Bonchev–Trinajstić information content (AvgIpc) is 3.30. The van der Waals surface area contributed by atoms with E-state index >= 15 is 0 Å². The summed E-state index contributed by atoms with van der Waals surface area (Å²) in [5, 5.41) is 0.973. The summed E-state index contributed by atoms with van der Waals surface area (Å²) in [5.74, 6) is 1.01. The maximum Gasteiger partial charge on any atom is 0.178 e. The maximum atomic E-state index is 12.3. The monoisotopic (exact) mass is 310 g/mol. The number of hydrogen-bond acceptors (Lipinski definition) is 6. The van der Waals surface area contributed by atoms with Crippen molar-refractivity contribution >= 4 is 27.8 Å². The lowest BCUT2D eigenvalue weighted by atomic mass is 10.2. The Morgan fingerprint density at radius 1 is 1.52 bits per heavy atom. The molecule has 3 rings (SSSR count). The molecular formula is C15H22N2O3S. The topological polar surface area (TPSA) is 64.8 Å². The number of carbonyl (C=O) groups excluding carboxylic acids is 1. The van der Waals surface area contributed by atoms with Gasteiger partial charge in [-0.3, -0.25) is 4.79 Å². The van der Waals surface area contributed by atoms with Gasteiger partial charge in [-0.25, -0.2) is 0 Å². The lowest BCUT2D eigenvalue weighted by Gasteiger charge is -2.33. The molecule has 0 spiro atoms. The van der Waals surface area contributed by atoms with Crippen molar-refractivity contribution in [2.45, 2.75) is 32.3 Å². The van der Waals surface area contributed by atoms with Gasteiger partial charge in [0.05, 0.1) is 30.4 Å². The summed E-state index contributed by atoms with van der Waals surface area (Å²) >= 11 is 1.48. The lowest BCUT2D eigenvalue weighted by molar-refractivity contribution is 0.0385. The third-order valence-electron chi connectivity index (χ3n) is 4.14. The van der Waals surface area contributed by atoms with Crippen molar-refractivity contribution in [1.82, 2.24) is 0 Å². The average molecular weight is 310 g/mol. The van der Waals surface area contributed by atoms with Crippen LogP contribution in [0.3, 0.4) is 0 Å². The number of nitrogens with zero attached hydrogens (tertiary/aromatic N) is 1. The molecule has 1 aromatic rings. The molecule has 1 aromatic heterocycles. The van der Waals surface area contributed by atoms with Crippen molar-refractivity contribution in [3.63, 3.8) is 0 Å². The second kappa shape index (κ2) is 5.85. The van der Waals surface area contributed by atoms with Crippen LogP contribution >= 0.6 is 11.3 Å². The van der Waals surface area contributed by atoms with E-state index in [1.807, 2.05) is 0 Å². The van der Waals surface area contributed by atoms with Gasteiger partial charge in [-0.05, 0) is 19.3 Å². The highest BCUT2D eigenvalue weighted by Crippen LogP contribution is 2.48. The Bertz CT molecular complexity index is 539. The number of hydrogen-bond donors (Lipinski definition) is 1. The van der Waals surface area contributed by atoms with Gasteiger partial charge < -0.3 is 20.1 Å². The van der Waals surface area contributed by atoms with E-state index in [0.717, 1.165) is 37.4 Å². The number of ether oxygens (including phenoxy) is 2. The quantitative estimate of drug-likeness (QED) is 0.847. The summed E-state index contributed by atoms with van der Waals surface area (Å²) in [7, 11) is 1.62. The molecule has 1 unspecified atom stereocenters. The molecule has 2 heterocycles. The SMILES string of the molecule is CCC1CN(c2sc(C(=O)C3CC3)c(N)c2OC)CCO1. The number of Topliss-reactive ketones (excluding diaryl/α,β-unsaturated/α-hetero) is 1. The van der Waals surface area contributed by atoms with Gasteiger partial charge in [-0.15, -0.1) is 11.3 Å². The first kappa shape index (κ1) is 14.7. The summed E-state index contributed by atoms with van der Waals surface area (Å²) in [6.45, 7) is 4.45. The highest BCUT2D eigenvalue weighted by atomic mass is 32.1. The van der Waals surface area contributed by atoms with Crippen LogP contribution in [0.5, 0.6) is 5.75 Å². The second-order valence-corrected chi connectivity index (χ2v) is 6.67. The molecule has 0 amide bonds. The van der Waals surface area contributed by atoms with Crippen LogP contribution < -0.4 is 15.4 Å². The molecule has 0 bridgehead atoms. The Balaban J connectivity index is 1.90. The number of carbonyl (C=O) groups is 1. The number of rotatable bonds is 5. The summed E-state index contributed by atoms with van der Waals surface area (Å²) in [5.41, 5.74) is 6.67. The lowest BCUT2D eigenvalue weighted by Crippen LogP contribution is -2.42. The molecular weight excluding hydrogens is 288 g/mol. The third-order valence-corrected chi connectivity index (χ3v) is 5.40. The van der Waals surface area contributed by atoms with Crippen LogP contribution in [-0.4, -0.2) is 38.7 Å². The van der Waals surface area contributed by atoms with Gasteiger partial charge in [0.1, 0.15) is 5.00 Å². The second-order valence-electron chi connectivity index (χ2n) is 5.67. The number of morpholine rings is 1. The predicted molar refractivity (Wildman–Crippen MR) is 84.6 cm³/mol. The molecule has 1 saturated heterocycles. The van der Waals surface area contributed by atoms with Gasteiger partial charge in [-0.1, -0.05) is 6.92 Å². The highest BCUT2D eigenvalue weighted by molar-refractivity contribution is 7.19. The van der Waals surface area contributed by atoms with Crippen LogP contribution in [-0.2, 0) is 4.74 Å². The van der Waals surface area contributed by atoms with E-state index in [2.05, 4.69) is 11.8 Å². The fraction of sp³-hybridized carbons (Fsp3) is 0.667. The van der Waals surface area contributed by atoms with E-state index in [1.54, 1.807) is 7.11 Å². The molecule has 2 N–H and O–H groups in total. The Hall–Kier alpha value is -1.27. The van der Waals surface area contributed by atoms with Crippen LogP contribution in [0.25, 0.3) is 0 Å². The van der Waals surface area contributed by atoms with E-state index < -0.39 is 0 Å². The van der Waals surface area contributed by atoms with Crippen molar-refractivity contribution in [3.05, 3.63) is 4.88 Å². The van der Waals surface area contributed by atoms with Crippen molar-refractivity contribution < 1.29 is 14.3 Å². The molecule has 1 aliphatic carbocycles. The van der Waals surface area contributed by atoms with E-state index in [9.17, 15) is 4.79 Å². The largest absolute Gasteiger partial charge is 0.492 e. The molecule has 6 heteroatoms. The zero-order chi connectivity index (χ0) is 15.0. The Morgan fingerprint density at radius 2 is 2.29 bits per heavy atom. The molecule has 1 saturated carbocycles. The van der Waals surface area contributed by atoms with Gasteiger partial charge in [0.2, 0.25) is 0 Å². The molecule has 2 fully saturated rings. The first-order valence-electron chi connectivity index (χ1n) is 7.52. The third kappa shape index (κ3) is 2.74. The summed E-state index contributed by atoms with van der Waals surface area (Å²) in [6.07, 6.45) is 3.19. The van der Waals surface area contributed by atoms with Crippen molar-refractivity contribution in [2.75, 3.05) is 37.4 Å². The first-order valence-corrected chi connectivity index (χ1v) is 8.34. The van der Waals surface area contributed by atoms with Crippen molar-refractivity contribution in [2.24, 2.45) is 5.92 Å². The summed E-state index contributed by atoms with van der Waals surface area (Å²) < 4.78 is 11.2. The number of nitrogens with two attached hydrogens (primary N) is 1. The van der Waals surface area contributed by atoms with Crippen LogP contribution in [0.1, 0.15) is 35.9 Å². The van der Waals surface area contributed by atoms with Gasteiger partial charge in [0.15, 0.2) is 11.5 Å². The zero-order valence-electron chi connectivity index (χ0n) is 12.6. The minimum absolute atomic E-state index is 0.177. The minimum Gasteiger partial charge on any atom is -0.492 e. The van der Waals surface area contributed by atoms with Crippen molar-refractivity contribution in [3.8, 4) is 5.75 Å². The number of anilines is 2. The van der Waals surface area contributed by atoms with E-state index in [0.29, 0.717) is 22.9 Å². The molecule has 1 atom stereocenters. The molecule has 2 aliphatic rings. The standard InChI is InChI=1S/C15H22N2O3S/c1-3-10-8-17(6-7-20-10)15-13(19-2)11(16)14(21-15)12(18)9-4-5-9/h9-10H,3-8,16H2,1-2H3. The maximum absolute atomic E-state index is 12.3. The zero-order valence-corrected chi connectivity index (χ0v) is 13.4. The number of methoxy groups -OCH3 is 1. The molecule has 116 valence electrons. The molecule has 0 aromatic carbocycles. The van der Waals surface area contributed by atoms with Crippen molar-refractivity contribution in [1.29, 1.82) is 0 Å². The predicted octanol–water partition coefficient (Wildman–Crippen LogP) is 2.55. The van der Waals surface area contributed by atoms with Gasteiger partial charge in [0.25, 0.3) is 0 Å². The van der Waals surface area contributed by atoms with Gasteiger partial charge >= 0.3 is 0 Å². The number of thiophene rings is 1. The first-order chi connectivity index (χ1) is 10.2. The van der Waals surface area contributed by atoms with E-state index in [4.69, 9.17) is 15.2 Å². The van der Waals surface area contributed by atoms with Crippen LogP contribution in [0.15, 0.2) is 0 Å². The fourth-order valence-electron chi connectivity index (χ4n) is 2.69. The Morgan fingerprint density at radius 3 is 2.90 bits per heavy atom. The van der Waals surface area contributed by atoms with E-state index in [-0.39, 0.29) is 17.8 Å². The van der Waals surface area contributed by atoms with Crippen LogP contribution in [0, 0.1) is 5.92 Å². The van der Waals surface area contributed by atoms with E-state index in [1.165, 1.54) is 11.3 Å². The highest BCUT2D eigenvalue weighted by Gasteiger charge is 2.35. The summed E-state index contributed by atoms with van der Waals surface area (Å²) in [6, 6.07) is 0. The Kier molecular flexibility index (Phi) is 4.08. The fourth-order valence-corrected chi connectivity index (χ4v) is 3.93. The number of nitrogen functional groups attached to an aromatic ring is 1. The summed E-state index contributed by atoms with van der Waals surface area (Å²) in [4.78, 5) is 15.3.